The van der Waals surface area contributed by atoms with Gasteiger partial charge in [-0.1, -0.05) is 97.1 Å². The molecule has 1 aliphatic carbocycles. The summed E-state index contributed by atoms with van der Waals surface area (Å²) in [5.74, 6) is 0.685. The third kappa shape index (κ3) is 4.85. The number of fused-ring (bicyclic) bond motifs is 3. The number of nitrogens with zero attached hydrogens (tertiary/aromatic N) is 3. The maximum atomic E-state index is 5.09. The third-order valence-corrected chi connectivity index (χ3v) is 7.91. The lowest BCUT2D eigenvalue weighted by atomic mass is 10.0. The van der Waals surface area contributed by atoms with Crippen LogP contribution in [0.15, 0.2) is 158 Å². The molecule has 0 unspecified atom stereocenters. The molecule has 0 radical (unpaired) electrons. The minimum absolute atomic E-state index is 0.685. The average Bonchev–Trinajstić information content (AvgIpc) is 3.34. The first kappa shape index (κ1) is 24.9. The highest BCUT2D eigenvalue weighted by molar-refractivity contribution is 5.90. The van der Waals surface area contributed by atoms with Gasteiger partial charge in [-0.05, 0) is 75.7 Å². The molecule has 0 fully saturated rings. The summed E-state index contributed by atoms with van der Waals surface area (Å²) < 4.78 is 0. The Morgan fingerprint density at radius 3 is 1.91 bits per heavy atom. The molecule has 8 rings (SSSR count). The molecular weight excluding hydrogens is 522 g/mol. The third-order valence-electron chi connectivity index (χ3n) is 7.91. The largest absolute Gasteiger partial charge is 0.256 e. The predicted octanol–water partition coefficient (Wildman–Crippen LogP) is 9.86. The Labute approximate surface area is 249 Å². The summed E-state index contributed by atoms with van der Waals surface area (Å²) >= 11 is 0. The van der Waals surface area contributed by atoms with Crippen molar-refractivity contribution in [1.82, 2.24) is 15.0 Å². The first-order chi connectivity index (χ1) is 21.3. The van der Waals surface area contributed by atoms with E-state index in [4.69, 9.17) is 9.97 Å². The lowest BCUT2D eigenvalue weighted by molar-refractivity contribution is 1.16. The highest BCUT2D eigenvalue weighted by Gasteiger charge is 2.13. The molecule has 0 spiro atoms. The van der Waals surface area contributed by atoms with Gasteiger partial charge in [-0.2, -0.15) is 0 Å². The SMILES string of the molecule is C1=CC=C(c2cnc3ccccc3c2)C=CC=1c1cc(-c2ccc3ccccc3c2)nc(-c2ccc3ccccc3c2)n1. The molecule has 2 aromatic heterocycles. The van der Waals surface area contributed by atoms with Gasteiger partial charge in [0.25, 0.3) is 0 Å². The van der Waals surface area contributed by atoms with Gasteiger partial charge in [-0.15, -0.1) is 5.73 Å². The Hall–Kier alpha value is -5.89. The molecule has 2 heterocycles. The van der Waals surface area contributed by atoms with Crippen molar-refractivity contribution < 1.29 is 0 Å². The molecule has 0 bridgehead atoms. The zero-order valence-electron chi connectivity index (χ0n) is 23.3. The molecular formula is C40H25N3. The van der Waals surface area contributed by atoms with Crippen LogP contribution in [-0.4, -0.2) is 15.0 Å². The van der Waals surface area contributed by atoms with Gasteiger partial charge in [-0.25, -0.2) is 9.97 Å². The highest BCUT2D eigenvalue weighted by Crippen LogP contribution is 2.31. The van der Waals surface area contributed by atoms with Crippen LogP contribution in [0, 0.1) is 0 Å². The monoisotopic (exact) mass is 547 g/mol. The van der Waals surface area contributed by atoms with E-state index in [1.807, 2.05) is 30.5 Å². The van der Waals surface area contributed by atoms with E-state index in [0.29, 0.717) is 5.82 Å². The van der Waals surface area contributed by atoms with Gasteiger partial charge in [0.15, 0.2) is 5.82 Å². The number of hydrogen-bond donors (Lipinski definition) is 0. The molecule has 5 aromatic carbocycles. The van der Waals surface area contributed by atoms with Crippen molar-refractivity contribution in [1.29, 1.82) is 0 Å². The van der Waals surface area contributed by atoms with Crippen LogP contribution in [0.2, 0.25) is 0 Å². The molecule has 200 valence electrons. The minimum atomic E-state index is 0.685. The molecule has 0 atom stereocenters. The average molecular weight is 548 g/mol. The first-order valence-electron chi connectivity index (χ1n) is 14.3. The molecule has 7 aromatic rings. The summed E-state index contributed by atoms with van der Waals surface area (Å²) in [4.78, 5) is 14.8. The normalized spacial score (nSPS) is 12.8. The van der Waals surface area contributed by atoms with E-state index >= 15 is 0 Å². The topological polar surface area (TPSA) is 38.7 Å². The second kappa shape index (κ2) is 10.5. The van der Waals surface area contributed by atoms with Crippen molar-refractivity contribution in [3.05, 3.63) is 169 Å². The first-order valence-corrected chi connectivity index (χ1v) is 14.3. The van der Waals surface area contributed by atoms with Crippen LogP contribution in [-0.2, 0) is 0 Å². The summed E-state index contributed by atoms with van der Waals surface area (Å²) in [5.41, 5.74) is 11.2. The van der Waals surface area contributed by atoms with Gasteiger partial charge in [0, 0.05) is 33.8 Å². The van der Waals surface area contributed by atoms with Crippen molar-refractivity contribution in [3.8, 4) is 22.6 Å². The zero-order valence-corrected chi connectivity index (χ0v) is 23.3. The Morgan fingerprint density at radius 2 is 1.12 bits per heavy atom. The van der Waals surface area contributed by atoms with Crippen molar-refractivity contribution in [2.24, 2.45) is 0 Å². The fourth-order valence-electron chi connectivity index (χ4n) is 5.62. The molecule has 0 N–H and O–H groups in total. The van der Waals surface area contributed by atoms with Crippen LogP contribution in [0.3, 0.4) is 0 Å². The predicted molar refractivity (Wildman–Crippen MR) is 178 cm³/mol. The van der Waals surface area contributed by atoms with Gasteiger partial charge < -0.3 is 0 Å². The Bertz CT molecular complexity index is 2240. The van der Waals surface area contributed by atoms with E-state index in [1.165, 1.54) is 16.2 Å². The summed E-state index contributed by atoms with van der Waals surface area (Å²) in [5, 5.41) is 5.85. The summed E-state index contributed by atoms with van der Waals surface area (Å²) in [7, 11) is 0. The smallest absolute Gasteiger partial charge is 0.160 e. The maximum absolute atomic E-state index is 5.09. The van der Waals surface area contributed by atoms with Gasteiger partial charge in [0.05, 0.1) is 16.9 Å². The Morgan fingerprint density at radius 1 is 0.488 bits per heavy atom. The van der Waals surface area contributed by atoms with Crippen LogP contribution in [0.1, 0.15) is 11.3 Å². The standard InChI is InChI=1S/C40H25N3/c1-3-10-31-22-34(20-17-27(31)8-1)39-25-38(42-40(43-39)35-21-18-28-9-2-4-11-32(28)23-35)30-14-7-13-29(16-19-30)36-24-33-12-5-6-15-37(33)41-26-36/h1-13,15-26H. The van der Waals surface area contributed by atoms with Gasteiger partial charge in [-0.3, -0.25) is 4.98 Å². The van der Waals surface area contributed by atoms with Crippen LogP contribution in [0.4, 0.5) is 0 Å². The van der Waals surface area contributed by atoms with Crippen LogP contribution in [0.5, 0.6) is 0 Å². The van der Waals surface area contributed by atoms with E-state index in [2.05, 4.69) is 132 Å². The molecule has 0 aliphatic heterocycles. The Balaban J connectivity index is 1.23. The van der Waals surface area contributed by atoms with E-state index in [1.54, 1.807) is 0 Å². The summed E-state index contributed by atoms with van der Waals surface area (Å²) in [6.07, 6.45) is 10.2. The van der Waals surface area contributed by atoms with Crippen molar-refractivity contribution >= 4 is 43.6 Å². The highest BCUT2D eigenvalue weighted by atomic mass is 14.9. The second-order valence-electron chi connectivity index (χ2n) is 10.7. The van der Waals surface area contributed by atoms with Gasteiger partial charge in [0.1, 0.15) is 0 Å². The number of allylic oxidation sites excluding steroid dienone is 5. The molecule has 3 nitrogen and oxygen atoms in total. The second-order valence-corrected chi connectivity index (χ2v) is 10.7. The molecule has 0 saturated carbocycles. The number of hydrogen-bond acceptors (Lipinski definition) is 3. The number of pyridine rings is 1. The quantitative estimate of drug-likeness (QED) is 0.206. The van der Waals surface area contributed by atoms with Crippen molar-refractivity contribution in [2.45, 2.75) is 0 Å². The van der Waals surface area contributed by atoms with E-state index in [-0.39, 0.29) is 0 Å². The lowest BCUT2D eigenvalue weighted by Gasteiger charge is -2.10. The van der Waals surface area contributed by atoms with E-state index in [9.17, 15) is 0 Å². The Kier molecular flexibility index (Phi) is 6.07. The zero-order chi connectivity index (χ0) is 28.6. The number of benzene rings is 5. The van der Waals surface area contributed by atoms with Gasteiger partial charge >= 0.3 is 0 Å². The maximum Gasteiger partial charge on any atom is 0.160 e. The van der Waals surface area contributed by atoms with E-state index in [0.717, 1.165) is 55.5 Å². The van der Waals surface area contributed by atoms with Gasteiger partial charge in [0.2, 0.25) is 0 Å². The molecule has 1 aliphatic rings. The van der Waals surface area contributed by atoms with Crippen molar-refractivity contribution in [3.63, 3.8) is 0 Å². The molecule has 0 amide bonds. The van der Waals surface area contributed by atoms with Crippen LogP contribution in [0.25, 0.3) is 66.2 Å². The van der Waals surface area contributed by atoms with Crippen molar-refractivity contribution in [2.75, 3.05) is 0 Å². The molecule has 0 saturated heterocycles. The molecule has 43 heavy (non-hydrogen) atoms. The number of aromatic nitrogens is 3. The van der Waals surface area contributed by atoms with E-state index < -0.39 is 0 Å². The minimum Gasteiger partial charge on any atom is -0.256 e. The molecule has 3 heteroatoms. The van der Waals surface area contributed by atoms with Crippen LogP contribution < -0.4 is 0 Å². The van der Waals surface area contributed by atoms with Crippen LogP contribution >= 0.6 is 0 Å². The lowest BCUT2D eigenvalue weighted by Crippen LogP contribution is -1.97. The fraction of sp³-hybridized carbons (Fsp3) is 0. The number of para-hydroxylation sites is 1. The number of rotatable bonds is 4. The summed E-state index contributed by atoms with van der Waals surface area (Å²) in [6.45, 7) is 0. The fourth-order valence-corrected chi connectivity index (χ4v) is 5.62. The summed E-state index contributed by atoms with van der Waals surface area (Å²) in [6, 6.07) is 42.1.